The van der Waals surface area contributed by atoms with Gasteiger partial charge in [-0.1, -0.05) is 37.3 Å². The van der Waals surface area contributed by atoms with Gasteiger partial charge in [0.15, 0.2) is 5.76 Å². The number of aryl methyl sites for hydroxylation is 1. The molecule has 0 bridgehead atoms. The van der Waals surface area contributed by atoms with E-state index in [1.165, 1.54) is 0 Å². The van der Waals surface area contributed by atoms with E-state index in [2.05, 4.69) is 39.0 Å². The van der Waals surface area contributed by atoms with Crippen molar-refractivity contribution >= 4 is 11.3 Å². The van der Waals surface area contributed by atoms with Crippen LogP contribution in [0.2, 0.25) is 0 Å². The molecule has 0 N–H and O–H groups in total. The monoisotopic (exact) mass is 335 g/mol. The zero-order valence-corrected chi connectivity index (χ0v) is 14.2. The van der Waals surface area contributed by atoms with E-state index in [-0.39, 0.29) is 0 Å². The normalized spacial score (nSPS) is 11.0. The molecule has 24 heavy (non-hydrogen) atoms. The molecule has 0 amide bonds. The molecule has 0 radical (unpaired) electrons. The molecule has 0 saturated heterocycles. The van der Waals surface area contributed by atoms with Gasteiger partial charge >= 0.3 is 0 Å². The molecular formula is C19H17N3OS. The van der Waals surface area contributed by atoms with Crippen molar-refractivity contribution in [2.24, 2.45) is 0 Å². The van der Waals surface area contributed by atoms with E-state index in [0.29, 0.717) is 6.54 Å². The Morgan fingerprint density at radius 3 is 2.71 bits per heavy atom. The fraction of sp³-hybridized carbons (Fsp3) is 0.158. The maximum absolute atomic E-state index is 5.67. The number of benzene rings is 1. The Morgan fingerprint density at radius 2 is 2.00 bits per heavy atom. The van der Waals surface area contributed by atoms with E-state index in [0.717, 1.165) is 39.8 Å². The van der Waals surface area contributed by atoms with Crippen LogP contribution in [0.5, 0.6) is 0 Å². The number of rotatable bonds is 5. The van der Waals surface area contributed by atoms with Crippen LogP contribution in [0, 0.1) is 0 Å². The van der Waals surface area contributed by atoms with E-state index in [4.69, 9.17) is 4.42 Å². The van der Waals surface area contributed by atoms with Gasteiger partial charge in [0.1, 0.15) is 10.7 Å². The molecule has 0 aliphatic heterocycles. The van der Waals surface area contributed by atoms with Crippen LogP contribution in [0.1, 0.15) is 17.6 Å². The maximum atomic E-state index is 5.67. The summed E-state index contributed by atoms with van der Waals surface area (Å²) in [6.45, 7) is 2.82. The lowest BCUT2D eigenvalue weighted by molar-refractivity contribution is 0.575. The third kappa shape index (κ3) is 2.78. The van der Waals surface area contributed by atoms with Crippen molar-refractivity contribution in [2.45, 2.75) is 19.9 Å². The first-order valence-corrected chi connectivity index (χ1v) is 8.81. The average molecular weight is 335 g/mol. The van der Waals surface area contributed by atoms with Crippen LogP contribution in [-0.4, -0.2) is 14.5 Å². The molecule has 0 aliphatic rings. The van der Waals surface area contributed by atoms with Gasteiger partial charge in [0.2, 0.25) is 0 Å². The molecule has 0 aliphatic carbocycles. The summed E-state index contributed by atoms with van der Waals surface area (Å²) in [7, 11) is 0. The highest BCUT2D eigenvalue weighted by atomic mass is 32.1. The first-order valence-electron chi connectivity index (χ1n) is 7.93. The number of nitrogens with zero attached hydrogens (tertiary/aromatic N) is 3. The summed E-state index contributed by atoms with van der Waals surface area (Å²) in [4.78, 5) is 9.31. The average Bonchev–Trinajstić information content (AvgIpc) is 3.36. The Bertz CT molecular complexity index is 923. The fourth-order valence-corrected chi connectivity index (χ4v) is 3.59. The predicted molar refractivity (Wildman–Crippen MR) is 96.0 cm³/mol. The van der Waals surface area contributed by atoms with E-state index >= 15 is 0 Å². The third-order valence-corrected chi connectivity index (χ3v) is 4.79. The van der Waals surface area contributed by atoms with E-state index in [1.807, 2.05) is 36.7 Å². The Hall–Kier alpha value is -2.66. The smallest absolute Gasteiger partial charge is 0.152 e. The number of furan rings is 1. The molecule has 0 fully saturated rings. The lowest BCUT2D eigenvalue weighted by Gasteiger charge is -2.07. The molecule has 3 heterocycles. The molecule has 0 unspecified atom stereocenters. The highest BCUT2D eigenvalue weighted by molar-refractivity contribution is 7.09. The summed E-state index contributed by atoms with van der Waals surface area (Å²) in [5, 5.41) is 3.20. The van der Waals surface area contributed by atoms with Crippen LogP contribution in [0.25, 0.3) is 22.7 Å². The molecule has 0 atom stereocenters. The topological polar surface area (TPSA) is 43.9 Å². The van der Waals surface area contributed by atoms with Gasteiger partial charge in [-0.25, -0.2) is 9.97 Å². The van der Waals surface area contributed by atoms with Crippen molar-refractivity contribution in [3.63, 3.8) is 0 Å². The summed E-state index contributed by atoms with van der Waals surface area (Å²) in [5.41, 5.74) is 4.13. The van der Waals surface area contributed by atoms with Crippen molar-refractivity contribution in [3.05, 3.63) is 71.1 Å². The summed E-state index contributed by atoms with van der Waals surface area (Å²) < 4.78 is 7.78. The van der Waals surface area contributed by atoms with Crippen LogP contribution >= 0.6 is 11.3 Å². The Kier molecular flexibility index (Phi) is 4.01. The van der Waals surface area contributed by atoms with Gasteiger partial charge in [-0.3, -0.25) is 0 Å². The number of thiazole rings is 1. The molecule has 0 spiro atoms. The SMILES string of the molecule is CCc1csc(Cn2cnc(-c3ccccc3)c2-c2ccco2)n1. The maximum Gasteiger partial charge on any atom is 0.152 e. The van der Waals surface area contributed by atoms with E-state index < -0.39 is 0 Å². The van der Waals surface area contributed by atoms with Crippen LogP contribution in [0.4, 0.5) is 0 Å². The van der Waals surface area contributed by atoms with Crippen molar-refractivity contribution in [3.8, 4) is 22.7 Å². The molecule has 1 aromatic carbocycles. The third-order valence-electron chi connectivity index (χ3n) is 3.91. The van der Waals surface area contributed by atoms with Crippen LogP contribution in [0.3, 0.4) is 0 Å². The summed E-state index contributed by atoms with van der Waals surface area (Å²) in [5.74, 6) is 0.818. The largest absolute Gasteiger partial charge is 0.463 e. The zero-order valence-electron chi connectivity index (χ0n) is 13.3. The predicted octanol–water partition coefficient (Wildman–Crippen LogP) is 4.88. The fourth-order valence-electron chi connectivity index (χ4n) is 2.71. The minimum Gasteiger partial charge on any atom is -0.463 e. The minimum absolute atomic E-state index is 0.695. The Balaban J connectivity index is 1.78. The van der Waals surface area contributed by atoms with Gasteiger partial charge in [0.25, 0.3) is 0 Å². The Labute approximate surface area is 144 Å². The molecule has 0 saturated carbocycles. The van der Waals surface area contributed by atoms with Gasteiger partial charge in [0.05, 0.1) is 30.5 Å². The lowest BCUT2D eigenvalue weighted by atomic mass is 10.1. The first-order chi connectivity index (χ1) is 11.8. The summed E-state index contributed by atoms with van der Waals surface area (Å²) >= 11 is 1.69. The van der Waals surface area contributed by atoms with Gasteiger partial charge in [0, 0.05) is 10.9 Å². The van der Waals surface area contributed by atoms with Crippen molar-refractivity contribution in [2.75, 3.05) is 0 Å². The summed E-state index contributed by atoms with van der Waals surface area (Å²) in [6, 6.07) is 14.1. The zero-order chi connectivity index (χ0) is 16.4. The van der Waals surface area contributed by atoms with Crippen LogP contribution in [-0.2, 0) is 13.0 Å². The van der Waals surface area contributed by atoms with Crippen molar-refractivity contribution in [1.29, 1.82) is 0 Å². The van der Waals surface area contributed by atoms with Crippen molar-refractivity contribution in [1.82, 2.24) is 14.5 Å². The minimum atomic E-state index is 0.695. The Morgan fingerprint density at radius 1 is 1.12 bits per heavy atom. The van der Waals surface area contributed by atoms with E-state index in [1.54, 1.807) is 17.6 Å². The van der Waals surface area contributed by atoms with E-state index in [9.17, 15) is 0 Å². The van der Waals surface area contributed by atoms with Gasteiger partial charge < -0.3 is 8.98 Å². The van der Waals surface area contributed by atoms with Gasteiger partial charge in [-0.15, -0.1) is 11.3 Å². The highest BCUT2D eigenvalue weighted by Crippen LogP contribution is 2.32. The van der Waals surface area contributed by atoms with Gasteiger partial charge in [-0.2, -0.15) is 0 Å². The molecular weight excluding hydrogens is 318 g/mol. The second kappa shape index (κ2) is 6.45. The molecule has 4 nitrogen and oxygen atoms in total. The highest BCUT2D eigenvalue weighted by Gasteiger charge is 2.18. The first kappa shape index (κ1) is 14.9. The van der Waals surface area contributed by atoms with Crippen molar-refractivity contribution < 1.29 is 4.42 Å². The molecule has 3 aromatic heterocycles. The lowest BCUT2D eigenvalue weighted by Crippen LogP contribution is -2.00. The number of aromatic nitrogens is 3. The number of hydrogen-bond acceptors (Lipinski definition) is 4. The van der Waals surface area contributed by atoms with Crippen LogP contribution < -0.4 is 0 Å². The molecule has 4 rings (SSSR count). The molecule has 4 aromatic rings. The number of hydrogen-bond donors (Lipinski definition) is 0. The second-order valence-corrected chi connectivity index (χ2v) is 6.44. The number of imidazole rings is 1. The molecule has 5 heteroatoms. The molecule has 120 valence electrons. The van der Waals surface area contributed by atoms with Gasteiger partial charge in [-0.05, 0) is 18.6 Å². The quantitative estimate of drug-likeness (QED) is 0.522. The standard InChI is InChI=1S/C19H17N3OS/c1-2-15-12-24-17(21-15)11-22-13-20-18(14-7-4-3-5-8-14)19(22)16-9-6-10-23-16/h3-10,12-13H,2,11H2,1H3. The summed E-state index contributed by atoms with van der Waals surface area (Å²) in [6.07, 6.45) is 4.52. The second-order valence-electron chi connectivity index (χ2n) is 5.50. The van der Waals surface area contributed by atoms with Crippen LogP contribution in [0.15, 0.2) is 64.9 Å².